The predicted octanol–water partition coefficient (Wildman–Crippen LogP) is 1.47. The van der Waals surface area contributed by atoms with Crippen LogP contribution in [0.4, 0.5) is 5.69 Å². The number of hydrazone groups is 1. The summed E-state index contributed by atoms with van der Waals surface area (Å²) in [6, 6.07) is 9.14. The highest BCUT2D eigenvalue weighted by Crippen LogP contribution is 2.11. The second kappa shape index (κ2) is 8.77. The molecule has 0 unspecified atom stereocenters. The van der Waals surface area contributed by atoms with Crippen molar-refractivity contribution in [3.05, 3.63) is 70.2 Å². The van der Waals surface area contributed by atoms with Crippen LogP contribution in [-0.2, 0) is 9.59 Å². The zero-order valence-corrected chi connectivity index (χ0v) is 12.9. The second-order valence-corrected chi connectivity index (χ2v) is 4.71. The number of nitrogens with zero attached hydrogens (tertiary/aromatic N) is 2. The Bertz CT molecular complexity index is 812. The van der Waals surface area contributed by atoms with E-state index in [1.165, 1.54) is 42.8 Å². The first kappa shape index (κ1) is 17.6. The van der Waals surface area contributed by atoms with Crippen LogP contribution < -0.4 is 10.7 Å². The van der Waals surface area contributed by atoms with Crippen LogP contribution in [0.2, 0.25) is 0 Å². The van der Waals surface area contributed by atoms with E-state index in [9.17, 15) is 19.7 Å². The van der Waals surface area contributed by atoms with Crippen LogP contribution >= 0.6 is 0 Å². The van der Waals surface area contributed by atoms with Crippen molar-refractivity contribution in [1.82, 2.24) is 10.7 Å². The van der Waals surface area contributed by atoms with Gasteiger partial charge >= 0.3 is 0 Å². The van der Waals surface area contributed by atoms with Crippen LogP contribution in [0, 0.1) is 10.1 Å². The van der Waals surface area contributed by atoms with Crippen molar-refractivity contribution in [2.75, 3.05) is 6.54 Å². The van der Waals surface area contributed by atoms with Gasteiger partial charge in [-0.05, 0) is 18.2 Å². The number of amides is 2. The summed E-state index contributed by atoms with van der Waals surface area (Å²) in [5.74, 6) is -0.489. The molecule has 2 rings (SSSR count). The van der Waals surface area contributed by atoms with Gasteiger partial charge in [-0.3, -0.25) is 19.7 Å². The van der Waals surface area contributed by atoms with Gasteiger partial charge in [0.05, 0.1) is 23.9 Å². The summed E-state index contributed by atoms with van der Waals surface area (Å²) in [4.78, 5) is 33.2. The Morgan fingerprint density at radius 1 is 1.28 bits per heavy atom. The highest BCUT2D eigenvalue weighted by Gasteiger charge is 2.05. The molecule has 1 heterocycles. The maximum absolute atomic E-state index is 11.6. The number of carbonyl (C=O) groups is 2. The zero-order valence-electron chi connectivity index (χ0n) is 12.9. The summed E-state index contributed by atoms with van der Waals surface area (Å²) < 4.78 is 5.02. The second-order valence-electron chi connectivity index (χ2n) is 4.71. The lowest BCUT2D eigenvalue weighted by molar-refractivity contribution is -0.384. The molecule has 0 aliphatic rings. The number of nitro benzene ring substituents is 1. The quantitative estimate of drug-likeness (QED) is 0.341. The lowest BCUT2D eigenvalue weighted by atomic mass is 10.2. The van der Waals surface area contributed by atoms with Crippen LogP contribution in [0.5, 0.6) is 0 Å². The maximum atomic E-state index is 11.6. The molecule has 0 saturated heterocycles. The van der Waals surface area contributed by atoms with Crippen molar-refractivity contribution in [3.63, 3.8) is 0 Å². The molecule has 25 heavy (non-hydrogen) atoms. The van der Waals surface area contributed by atoms with Gasteiger partial charge in [0.25, 0.3) is 11.6 Å². The van der Waals surface area contributed by atoms with Crippen LogP contribution in [-0.4, -0.2) is 29.5 Å². The number of non-ortho nitro benzene ring substituents is 1. The molecule has 9 heteroatoms. The standard InChI is InChI=1S/C16H14N4O5/c21-15(7-6-14-5-2-8-25-14)17-11-16(22)19-18-10-12-3-1-4-13(9-12)20(23)24/h1-10H,11H2,(H,17,21)(H,19,22)/b7-6+,18-10+. The number of hydrogen-bond acceptors (Lipinski definition) is 6. The monoisotopic (exact) mass is 342 g/mol. The van der Waals surface area contributed by atoms with E-state index in [1.807, 2.05) is 0 Å². The molecule has 9 nitrogen and oxygen atoms in total. The van der Waals surface area contributed by atoms with Crippen molar-refractivity contribution >= 4 is 29.8 Å². The van der Waals surface area contributed by atoms with E-state index in [1.54, 1.807) is 18.2 Å². The molecule has 1 aromatic carbocycles. The molecule has 0 saturated carbocycles. The molecular weight excluding hydrogens is 328 g/mol. The smallest absolute Gasteiger partial charge is 0.270 e. The minimum absolute atomic E-state index is 0.0779. The fraction of sp³-hybridized carbons (Fsp3) is 0.0625. The van der Waals surface area contributed by atoms with Gasteiger partial charge in [-0.25, -0.2) is 5.43 Å². The average Bonchev–Trinajstić information content (AvgIpc) is 3.12. The summed E-state index contributed by atoms with van der Waals surface area (Å²) in [6.45, 7) is -0.270. The average molecular weight is 342 g/mol. The highest BCUT2D eigenvalue weighted by atomic mass is 16.6. The summed E-state index contributed by atoms with van der Waals surface area (Å²) in [7, 11) is 0. The van der Waals surface area contributed by atoms with E-state index in [-0.39, 0.29) is 12.2 Å². The first-order valence-electron chi connectivity index (χ1n) is 7.10. The molecule has 1 aromatic heterocycles. The van der Waals surface area contributed by atoms with E-state index in [0.29, 0.717) is 11.3 Å². The van der Waals surface area contributed by atoms with Gasteiger partial charge in [-0.15, -0.1) is 0 Å². The largest absolute Gasteiger partial charge is 0.465 e. The number of nitro groups is 1. The molecule has 0 radical (unpaired) electrons. The molecule has 0 bridgehead atoms. The lowest BCUT2D eigenvalue weighted by Gasteiger charge is -2.00. The molecule has 128 valence electrons. The number of rotatable bonds is 7. The summed E-state index contributed by atoms with van der Waals surface area (Å²) in [6.07, 6.45) is 5.44. The van der Waals surface area contributed by atoms with Crippen LogP contribution in [0.15, 0.2) is 58.3 Å². The van der Waals surface area contributed by atoms with Gasteiger partial charge in [0.2, 0.25) is 5.91 Å². The Balaban J connectivity index is 1.75. The summed E-state index contributed by atoms with van der Waals surface area (Å²) in [5.41, 5.74) is 2.59. The maximum Gasteiger partial charge on any atom is 0.270 e. The van der Waals surface area contributed by atoms with Crippen molar-refractivity contribution in [1.29, 1.82) is 0 Å². The molecule has 2 N–H and O–H groups in total. The first-order chi connectivity index (χ1) is 12.0. The SMILES string of the molecule is O=C(/C=C/c1ccco1)NCC(=O)N/N=C/c1cccc([N+](=O)[O-])c1. The number of benzene rings is 1. The third kappa shape index (κ3) is 6.10. The number of hydrogen-bond donors (Lipinski definition) is 2. The number of carbonyl (C=O) groups excluding carboxylic acids is 2. The van der Waals surface area contributed by atoms with Gasteiger partial charge in [0, 0.05) is 23.8 Å². The predicted molar refractivity (Wildman–Crippen MR) is 89.6 cm³/mol. The van der Waals surface area contributed by atoms with Crippen molar-refractivity contribution in [2.45, 2.75) is 0 Å². The summed E-state index contributed by atoms with van der Waals surface area (Å²) in [5, 5.41) is 16.7. The molecule has 2 amide bonds. The molecule has 2 aromatic rings. The van der Waals surface area contributed by atoms with Gasteiger partial charge < -0.3 is 9.73 Å². The van der Waals surface area contributed by atoms with E-state index in [2.05, 4.69) is 15.8 Å². The third-order valence-electron chi connectivity index (χ3n) is 2.85. The minimum atomic E-state index is -0.540. The third-order valence-corrected chi connectivity index (χ3v) is 2.85. The van der Waals surface area contributed by atoms with Gasteiger partial charge in [-0.2, -0.15) is 5.10 Å². The topological polar surface area (TPSA) is 127 Å². The molecule has 0 spiro atoms. The van der Waals surface area contributed by atoms with E-state index < -0.39 is 16.7 Å². The molecule has 0 fully saturated rings. The van der Waals surface area contributed by atoms with Crippen LogP contribution in [0.1, 0.15) is 11.3 Å². The fourth-order valence-electron chi connectivity index (χ4n) is 1.71. The number of furan rings is 1. The zero-order chi connectivity index (χ0) is 18.1. The Morgan fingerprint density at radius 3 is 2.84 bits per heavy atom. The molecule has 0 aliphatic heterocycles. The number of nitrogens with one attached hydrogen (secondary N) is 2. The Kier molecular flexibility index (Phi) is 6.18. The Morgan fingerprint density at radius 2 is 2.12 bits per heavy atom. The van der Waals surface area contributed by atoms with E-state index >= 15 is 0 Å². The van der Waals surface area contributed by atoms with E-state index in [0.717, 1.165) is 0 Å². The minimum Gasteiger partial charge on any atom is -0.465 e. The van der Waals surface area contributed by atoms with Crippen molar-refractivity contribution in [2.24, 2.45) is 5.10 Å². The molecule has 0 aliphatic carbocycles. The van der Waals surface area contributed by atoms with Crippen LogP contribution in [0.3, 0.4) is 0 Å². The lowest BCUT2D eigenvalue weighted by Crippen LogP contribution is -2.34. The Hall–Kier alpha value is -3.75. The Labute approximate surface area is 142 Å². The van der Waals surface area contributed by atoms with Crippen molar-refractivity contribution in [3.8, 4) is 0 Å². The van der Waals surface area contributed by atoms with Gasteiger partial charge in [0.1, 0.15) is 5.76 Å². The molecular formula is C16H14N4O5. The van der Waals surface area contributed by atoms with Gasteiger partial charge in [0.15, 0.2) is 0 Å². The molecule has 0 atom stereocenters. The first-order valence-corrected chi connectivity index (χ1v) is 7.10. The fourth-order valence-corrected chi connectivity index (χ4v) is 1.71. The summed E-state index contributed by atoms with van der Waals surface area (Å²) >= 11 is 0. The van der Waals surface area contributed by atoms with Crippen LogP contribution in [0.25, 0.3) is 6.08 Å². The highest BCUT2D eigenvalue weighted by molar-refractivity contribution is 5.94. The van der Waals surface area contributed by atoms with Crippen molar-refractivity contribution < 1.29 is 18.9 Å². The van der Waals surface area contributed by atoms with Gasteiger partial charge in [-0.1, -0.05) is 12.1 Å². The van der Waals surface area contributed by atoms with E-state index in [4.69, 9.17) is 4.42 Å². The normalized spacial score (nSPS) is 10.9.